The van der Waals surface area contributed by atoms with E-state index < -0.39 is 23.9 Å². The average Bonchev–Trinajstić information content (AvgIpc) is 2.68. The van der Waals surface area contributed by atoms with Crippen LogP contribution >= 0.6 is 0 Å². The van der Waals surface area contributed by atoms with Crippen LogP contribution in [-0.4, -0.2) is 35.6 Å². The van der Waals surface area contributed by atoms with E-state index in [-0.39, 0.29) is 25.9 Å². The minimum atomic E-state index is -1.03. The number of amides is 1. The summed E-state index contributed by atoms with van der Waals surface area (Å²) in [5, 5.41) is 11.5. The van der Waals surface area contributed by atoms with Gasteiger partial charge in [-0.05, 0) is 30.0 Å². The minimum Gasteiger partial charge on any atom is -0.481 e. The second-order valence-electron chi connectivity index (χ2n) is 6.43. The molecule has 0 aliphatic carbocycles. The van der Waals surface area contributed by atoms with Gasteiger partial charge in [0.05, 0.1) is 19.4 Å². The molecule has 2 rings (SSSR count). The lowest BCUT2D eigenvalue weighted by molar-refractivity contribution is -0.144. The molecule has 0 radical (unpaired) electrons. The number of carbonyl (C=O) groups is 3. The Morgan fingerprint density at radius 2 is 1.61 bits per heavy atom. The van der Waals surface area contributed by atoms with E-state index in [9.17, 15) is 14.4 Å². The fourth-order valence-corrected chi connectivity index (χ4v) is 2.86. The molecule has 0 saturated carbocycles. The second-order valence-corrected chi connectivity index (χ2v) is 6.43. The molecule has 2 N–H and O–H groups in total. The highest BCUT2D eigenvalue weighted by molar-refractivity contribution is 5.81. The minimum absolute atomic E-state index is 0.0348. The fraction of sp³-hybridized carbons (Fsp3) is 0.318. The molecule has 1 unspecified atom stereocenters. The standard InChI is InChI=1S/C22H25NO5/c1-2-28-22(27)15-19(23-20(24)12-13-21(25)26)14-16-8-10-18(11-9-16)17-6-4-3-5-7-17/h3-11,19H,2,12-15H2,1H3,(H,23,24)(H,25,26). The molecular weight excluding hydrogens is 358 g/mol. The summed E-state index contributed by atoms with van der Waals surface area (Å²) in [5.41, 5.74) is 3.16. The predicted molar refractivity (Wildman–Crippen MR) is 106 cm³/mol. The highest BCUT2D eigenvalue weighted by atomic mass is 16.5. The Balaban J connectivity index is 2.04. The third-order valence-corrected chi connectivity index (χ3v) is 4.19. The SMILES string of the molecule is CCOC(=O)CC(Cc1ccc(-c2ccccc2)cc1)NC(=O)CCC(=O)O. The van der Waals surface area contributed by atoms with Gasteiger partial charge in [-0.2, -0.15) is 0 Å². The van der Waals surface area contributed by atoms with E-state index in [1.54, 1.807) is 6.92 Å². The summed E-state index contributed by atoms with van der Waals surface area (Å²) in [6.07, 6.45) is 0.116. The maximum atomic E-state index is 12.0. The molecule has 2 aromatic carbocycles. The Labute approximate surface area is 164 Å². The highest BCUT2D eigenvalue weighted by Gasteiger charge is 2.18. The van der Waals surface area contributed by atoms with Crippen molar-refractivity contribution in [3.8, 4) is 11.1 Å². The molecule has 0 aromatic heterocycles. The van der Waals surface area contributed by atoms with E-state index >= 15 is 0 Å². The molecule has 28 heavy (non-hydrogen) atoms. The molecule has 6 nitrogen and oxygen atoms in total. The normalized spacial score (nSPS) is 11.5. The zero-order valence-electron chi connectivity index (χ0n) is 15.9. The van der Waals surface area contributed by atoms with Gasteiger partial charge in [-0.3, -0.25) is 14.4 Å². The molecule has 1 amide bonds. The molecular formula is C22H25NO5. The lowest BCUT2D eigenvalue weighted by Crippen LogP contribution is -2.38. The van der Waals surface area contributed by atoms with Crippen molar-refractivity contribution in [2.75, 3.05) is 6.61 Å². The molecule has 6 heteroatoms. The summed E-state index contributed by atoms with van der Waals surface area (Å²) in [5.74, 6) is -1.82. The molecule has 0 fully saturated rings. The van der Waals surface area contributed by atoms with Crippen LogP contribution in [0.25, 0.3) is 11.1 Å². The third-order valence-electron chi connectivity index (χ3n) is 4.19. The summed E-state index contributed by atoms with van der Waals surface area (Å²) >= 11 is 0. The largest absolute Gasteiger partial charge is 0.481 e. The Morgan fingerprint density at radius 1 is 0.964 bits per heavy atom. The monoisotopic (exact) mass is 383 g/mol. The first-order valence-electron chi connectivity index (χ1n) is 9.29. The first-order chi connectivity index (χ1) is 13.5. The molecule has 148 valence electrons. The Bertz CT molecular complexity index is 786. The number of carbonyl (C=O) groups excluding carboxylic acids is 2. The lowest BCUT2D eigenvalue weighted by atomic mass is 9.99. The maximum Gasteiger partial charge on any atom is 0.307 e. The van der Waals surface area contributed by atoms with Crippen molar-refractivity contribution in [1.82, 2.24) is 5.32 Å². The van der Waals surface area contributed by atoms with Crippen LogP contribution in [0.4, 0.5) is 0 Å². The van der Waals surface area contributed by atoms with Crippen molar-refractivity contribution in [1.29, 1.82) is 0 Å². The van der Waals surface area contributed by atoms with E-state index in [2.05, 4.69) is 5.32 Å². The first-order valence-corrected chi connectivity index (χ1v) is 9.29. The zero-order chi connectivity index (χ0) is 20.4. The zero-order valence-corrected chi connectivity index (χ0v) is 15.9. The van der Waals surface area contributed by atoms with Crippen molar-refractivity contribution in [2.24, 2.45) is 0 Å². The van der Waals surface area contributed by atoms with Crippen LogP contribution < -0.4 is 5.32 Å². The van der Waals surface area contributed by atoms with Gasteiger partial charge < -0.3 is 15.2 Å². The van der Waals surface area contributed by atoms with Crippen LogP contribution in [0.3, 0.4) is 0 Å². The number of hydrogen-bond acceptors (Lipinski definition) is 4. The van der Waals surface area contributed by atoms with Crippen LogP contribution in [0.15, 0.2) is 54.6 Å². The van der Waals surface area contributed by atoms with Crippen molar-refractivity contribution >= 4 is 17.8 Å². The molecule has 0 aliphatic rings. The van der Waals surface area contributed by atoms with Gasteiger partial charge in [0.15, 0.2) is 0 Å². The Morgan fingerprint density at radius 3 is 2.21 bits per heavy atom. The van der Waals surface area contributed by atoms with E-state index in [1.165, 1.54) is 0 Å². The maximum absolute atomic E-state index is 12.0. The number of hydrogen-bond donors (Lipinski definition) is 2. The molecule has 0 spiro atoms. The van der Waals surface area contributed by atoms with Gasteiger partial charge in [0, 0.05) is 12.5 Å². The average molecular weight is 383 g/mol. The number of nitrogens with one attached hydrogen (secondary N) is 1. The van der Waals surface area contributed by atoms with E-state index in [0.717, 1.165) is 16.7 Å². The molecule has 0 heterocycles. The van der Waals surface area contributed by atoms with E-state index in [4.69, 9.17) is 9.84 Å². The lowest BCUT2D eigenvalue weighted by Gasteiger charge is -2.18. The summed E-state index contributed by atoms with van der Waals surface area (Å²) < 4.78 is 4.98. The number of esters is 1. The summed E-state index contributed by atoms with van der Waals surface area (Å²) in [7, 11) is 0. The van der Waals surface area contributed by atoms with Gasteiger partial charge in [-0.15, -0.1) is 0 Å². The van der Waals surface area contributed by atoms with Crippen molar-refractivity contribution in [3.63, 3.8) is 0 Å². The Kier molecular flexibility index (Phi) is 8.21. The van der Waals surface area contributed by atoms with Gasteiger partial charge in [0.25, 0.3) is 0 Å². The van der Waals surface area contributed by atoms with Crippen molar-refractivity contribution in [3.05, 3.63) is 60.2 Å². The molecule has 1 atom stereocenters. The summed E-state index contributed by atoms with van der Waals surface area (Å²) in [6.45, 7) is 1.99. The van der Waals surface area contributed by atoms with Crippen LogP contribution in [0.2, 0.25) is 0 Å². The van der Waals surface area contributed by atoms with Crippen LogP contribution in [0.5, 0.6) is 0 Å². The Hall–Kier alpha value is -3.15. The third kappa shape index (κ3) is 7.23. The number of carboxylic acids is 1. The topological polar surface area (TPSA) is 92.7 Å². The highest BCUT2D eigenvalue weighted by Crippen LogP contribution is 2.20. The van der Waals surface area contributed by atoms with Gasteiger partial charge in [-0.1, -0.05) is 54.6 Å². The van der Waals surface area contributed by atoms with Crippen LogP contribution in [-0.2, 0) is 25.5 Å². The first kappa shape index (κ1) is 21.2. The number of benzene rings is 2. The molecule has 0 saturated heterocycles. The smallest absolute Gasteiger partial charge is 0.307 e. The number of carboxylic acid groups (broad SMARTS) is 1. The number of rotatable bonds is 10. The fourth-order valence-electron chi connectivity index (χ4n) is 2.86. The quantitative estimate of drug-likeness (QED) is 0.615. The molecule has 0 aliphatic heterocycles. The van der Waals surface area contributed by atoms with E-state index in [1.807, 2.05) is 54.6 Å². The van der Waals surface area contributed by atoms with Crippen molar-refractivity contribution in [2.45, 2.75) is 38.6 Å². The van der Waals surface area contributed by atoms with Crippen LogP contribution in [0, 0.1) is 0 Å². The number of aliphatic carboxylic acids is 1. The molecule has 2 aromatic rings. The van der Waals surface area contributed by atoms with Gasteiger partial charge in [0.2, 0.25) is 5.91 Å². The second kappa shape index (κ2) is 10.9. The van der Waals surface area contributed by atoms with Crippen molar-refractivity contribution < 1.29 is 24.2 Å². The molecule has 0 bridgehead atoms. The van der Waals surface area contributed by atoms with Gasteiger partial charge in [0.1, 0.15) is 0 Å². The van der Waals surface area contributed by atoms with Gasteiger partial charge >= 0.3 is 11.9 Å². The van der Waals surface area contributed by atoms with E-state index in [0.29, 0.717) is 6.42 Å². The van der Waals surface area contributed by atoms with Crippen LogP contribution in [0.1, 0.15) is 31.7 Å². The predicted octanol–water partition coefficient (Wildman–Crippen LogP) is 3.20. The number of ether oxygens (including phenoxy) is 1. The summed E-state index contributed by atoms with van der Waals surface area (Å²) in [4.78, 5) is 34.5. The van der Waals surface area contributed by atoms with Gasteiger partial charge in [-0.25, -0.2) is 0 Å². The summed E-state index contributed by atoms with van der Waals surface area (Å²) in [6, 6.07) is 17.4.